The average Bonchev–Trinajstić information content (AvgIpc) is 2.66. The molecule has 0 spiro atoms. The first-order chi connectivity index (χ1) is 12.9. The van der Waals surface area contributed by atoms with Crippen LogP contribution in [0, 0.1) is 5.41 Å². The van der Waals surface area contributed by atoms with E-state index in [2.05, 4.69) is 75.4 Å². The Labute approximate surface area is 162 Å². The molecule has 2 atom stereocenters. The minimum absolute atomic E-state index is 0.189. The van der Waals surface area contributed by atoms with E-state index in [1.165, 1.54) is 16.7 Å². The number of nitrogens with one attached hydrogen (secondary N) is 2. The first-order valence-corrected chi connectivity index (χ1v) is 10.3. The Morgan fingerprint density at radius 2 is 1.48 bits per heavy atom. The third-order valence-electron chi connectivity index (χ3n) is 7.35. The lowest BCUT2D eigenvalue weighted by molar-refractivity contribution is -1.18. The lowest BCUT2D eigenvalue weighted by Crippen LogP contribution is -3.41. The van der Waals surface area contributed by atoms with E-state index in [0.717, 1.165) is 26.2 Å². The van der Waals surface area contributed by atoms with Crippen molar-refractivity contribution in [2.24, 2.45) is 5.41 Å². The number of piperidine rings is 2. The first-order valence-electron chi connectivity index (χ1n) is 10.3. The van der Waals surface area contributed by atoms with Gasteiger partial charge in [-0.2, -0.15) is 0 Å². The number of quaternary nitrogens is 2. The highest BCUT2D eigenvalue weighted by Crippen LogP contribution is 2.39. The molecule has 2 unspecified atom stereocenters. The van der Waals surface area contributed by atoms with Crippen LogP contribution in [0.5, 0.6) is 0 Å². The highest BCUT2D eigenvalue weighted by Gasteiger charge is 2.70. The Bertz CT molecular complexity index is 855. The molecule has 4 aliphatic heterocycles. The quantitative estimate of drug-likeness (QED) is 0.841. The van der Waals surface area contributed by atoms with Gasteiger partial charge in [0.1, 0.15) is 31.6 Å². The van der Waals surface area contributed by atoms with E-state index in [1.54, 1.807) is 9.80 Å². The van der Waals surface area contributed by atoms with Gasteiger partial charge in [0.25, 0.3) is 0 Å². The molecule has 2 N–H and O–H groups in total. The van der Waals surface area contributed by atoms with Crippen LogP contribution in [0.3, 0.4) is 0 Å². The molecule has 3 heteroatoms. The molecule has 0 aromatic heterocycles. The second-order valence-corrected chi connectivity index (χ2v) is 9.62. The van der Waals surface area contributed by atoms with Crippen molar-refractivity contribution in [3.8, 4) is 0 Å². The molecule has 2 aromatic carbocycles. The molecule has 4 bridgehead atoms. The summed E-state index contributed by atoms with van der Waals surface area (Å²) in [6, 6.07) is 19.8. The molecule has 27 heavy (non-hydrogen) atoms. The molecule has 4 saturated heterocycles. The molecule has 4 fully saturated rings. The molecule has 6 rings (SSSR count). The number of benzene rings is 2. The Hall–Kier alpha value is -1.97. The van der Waals surface area contributed by atoms with Gasteiger partial charge in [-0.15, -0.1) is 0 Å². The van der Waals surface area contributed by atoms with Gasteiger partial charge >= 0.3 is 0 Å². The fourth-order valence-corrected chi connectivity index (χ4v) is 6.26. The minimum Gasteiger partial charge on any atom is -0.297 e. The van der Waals surface area contributed by atoms with Crippen molar-refractivity contribution >= 4 is 5.78 Å². The van der Waals surface area contributed by atoms with E-state index in [-0.39, 0.29) is 10.8 Å². The van der Waals surface area contributed by atoms with Crippen molar-refractivity contribution < 1.29 is 14.6 Å². The summed E-state index contributed by atoms with van der Waals surface area (Å²) in [5.74, 6) is 1.05. The van der Waals surface area contributed by atoms with Gasteiger partial charge in [-0.25, -0.2) is 0 Å². The van der Waals surface area contributed by atoms with Crippen molar-refractivity contribution in [2.45, 2.75) is 38.3 Å². The lowest BCUT2D eigenvalue weighted by Gasteiger charge is -2.59. The SMILES string of the molecule is CC(C)c1ccc(C2[NH+]3CC4(C)C[NH+]2CC(c2ccccc2)(C3)C4=O)cc1. The highest BCUT2D eigenvalue weighted by atomic mass is 16.1. The predicted octanol–water partition coefficient (Wildman–Crippen LogP) is 1.13. The predicted molar refractivity (Wildman–Crippen MR) is 106 cm³/mol. The first kappa shape index (κ1) is 17.2. The van der Waals surface area contributed by atoms with Crippen molar-refractivity contribution in [1.29, 1.82) is 0 Å². The number of hydrogen-bond donors (Lipinski definition) is 2. The van der Waals surface area contributed by atoms with E-state index in [9.17, 15) is 4.79 Å². The Morgan fingerprint density at radius 1 is 0.889 bits per heavy atom. The van der Waals surface area contributed by atoms with Crippen LogP contribution >= 0.6 is 0 Å². The van der Waals surface area contributed by atoms with Gasteiger partial charge in [0.05, 0.1) is 5.56 Å². The van der Waals surface area contributed by atoms with Crippen LogP contribution < -0.4 is 9.80 Å². The Kier molecular flexibility index (Phi) is 3.66. The molecular formula is C24H30N2O+2. The fraction of sp³-hybridized carbons (Fsp3) is 0.458. The molecule has 140 valence electrons. The van der Waals surface area contributed by atoms with Crippen LogP contribution in [-0.4, -0.2) is 32.0 Å². The summed E-state index contributed by atoms with van der Waals surface area (Å²) in [4.78, 5) is 16.7. The summed E-state index contributed by atoms with van der Waals surface area (Å²) in [7, 11) is 0. The van der Waals surface area contributed by atoms with Gasteiger partial charge in [-0.3, -0.25) is 14.6 Å². The summed E-state index contributed by atoms with van der Waals surface area (Å²) >= 11 is 0. The lowest BCUT2D eigenvalue weighted by atomic mass is 9.58. The zero-order valence-electron chi connectivity index (χ0n) is 16.6. The van der Waals surface area contributed by atoms with Crippen LogP contribution in [0.4, 0.5) is 0 Å². The zero-order valence-corrected chi connectivity index (χ0v) is 16.6. The third-order valence-corrected chi connectivity index (χ3v) is 7.35. The van der Waals surface area contributed by atoms with Crippen LogP contribution in [-0.2, 0) is 10.2 Å². The van der Waals surface area contributed by atoms with E-state index in [0.29, 0.717) is 17.9 Å². The summed E-state index contributed by atoms with van der Waals surface area (Å²) in [6.45, 7) is 10.5. The van der Waals surface area contributed by atoms with E-state index in [4.69, 9.17) is 0 Å². The van der Waals surface area contributed by atoms with Crippen molar-refractivity contribution in [3.63, 3.8) is 0 Å². The van der Waals surface area contributed by atoms with Crippen LogP contribution in [0.25, 0.3) is 0 Å². The van der Waals surface area contributed by atoms with Gasteiger partial charge in [0.2, 0.25) is 6.17 Å². The molecule has 2 aromatic rings. The number of Topliss-reactive ketones (excluding diaryl/α,β-unsaturated/α-hetero) is 1. The number of carbonyl (C=O) groups excluding carboxylic acids is 1. The van der Waals surface area contributed by atoms with Gasteiger partial charge in [-0.1, -0.05) is 56.3 Å². The molecule has 0 radical (unpaired) electrons. The third kappa shape index (κ3) is 2.38. The zero-order chi connectivity index (χ0) is 18.8. The monoisotopic (exact) mass is 362 g/mol. The van der Waals surface area contributed by atoms with Gasteiger partial charge in [-0.05, 0) is 36.1 Å². The van der Waals surface area contributed by atoms with E-state index < -0.39 is 0 Å². The largest absolute Gasteiger partial charge is 0.297 e. The van der Waals surface area contributed by atoms with Gasteiger partial charge in [0.15, 0.2) is 11.2 Å². The second kappa shape index (κ2) is 5.76. The molecular weight excluding hydrogens is 332 g/mol. The topological polar surface area (TPSA) is 26.0 Å². The fourth-order valence-electron chi connectivity index (χ4n) is 6.26. The maximum atomic E-state index is 13.6. The Balaban J connectivity index is 1.54. The molecule has 3 nitrogen and oxygen atoms in total. The molecule has 4 heterocycles. The average molecular weight is 363 g/mol. The number of hydrogen-bond acceptors (Lipinski definition) is 1. The highest BCUT2D eigenvalue weighted by molar-refractivity contribution is 5.96. The van der Waals surface area contributed by atoms with Crippen LogP contribution in [0.1, 0.15) is 49.5 Å². The molecule has 0 saturated carbocycles. The second-order valence-electron chi connectivity index (χ2n) is 9.62. The van der Waals surface area contributed by atoms with E-state index >= 15 is 0 Å². The van der Waals surface area contributed by atoms with Gasteiger partial charge in [0, 0.05) is 0 Å². The van der Waals surface area contributed by atoms with Crippen LogP contribution in [0.15, 0.2) is 54.6 Å². The van der Waals surface area contributed by atoms with Gasteiger partial charge < -0.3 is 0 Å². The molecule has 0 amide bonds. The van der Waals surface area contributed by atoms with Crippen molar-refractivity contribution in [3.05, 3.63) is 71.3 Å². The number of rotatable bonds is 3. The Morgan fingerprint density at radius 3 is 2.04 bits per heavy atom. The summed E-state index contributed by atoms with van der Waals surface area (Å²) in [5, 5.41) is 0. The standard InChI is InChI=1S/C24H28N2O/c1-17(2)18-9-11-19(12-10-18)21-25-13-23(3)14-26(21)16-24(15-25,22(23)27)20-7-5-4-6-8-20/h4-12,17,21H,13-16H2,1-3H3/p+2. The smallest absolute Gasteiger partial charge is 0.240 e. The number of ketones is 1. The molecule has 4 aliphatic rings. The molecule has 0 aliphatic carbocycles. The van der Waals surface area contributed by atoms with Crippen molar-refractivity contribution in [1.82, 2.24) is 0 Å². The summed E-state index contributed by atoms with van der Waals surface area (Å²) in [5.41, 5.74) is 3.57. The van der Waals surface area contributed by atoms with Crippen molar-refractivity contribution in [2.75, 3.05) is 26.2 Å². The minimum atomic E-state index is -0.300. The number of carbonyl (C=O) groups is 1. The maximum Gasteiger partial charge on any atom is 0.240 e. The van der Waals surface area contributed by atoms with E-state index in [1.807, 2.05) is 0 Å². The van der Waals surface area contributed by atoms with Crippen LogP contribution in [0.2, 0.25) is 0 Å². The normalized spacial score (nSPS) is 37.2. The maximum absolute atomic E-state index is 13.6. The summed E-state index contributed by atoms with van der Waals surface area (Å²) in [6.07, 6.45) is 0.462. The summed E-state index contributed by atoms with van der Waals surface area (Å²) < 4.78 is 0.